The lowest BCUT2D eigenvalue weighted by Gasteiger charge is -2.04. The minimum absolute atomic E-state index is 0.0119. The zero-order chi connectivity index (χ0) is 6.69. The Morgan fingerprint density at radius 1 is 1.67 bits per heavy atom. The molecule has 0 aliphatic carbocycles. The van der Waals surface area contributed by atoms with Gasteiger partial charge in [-0.25, -0.2) is 0 Å². The normalized spacial score (nSPS) is 34.8. The van der Waals surface area contributed by atoms with Crippen LogP contribution in [0.15, 0.2) is 0 Å². The molecule has 1 rings (SSSR count). The highest BCUT2D eigenvalue weighted by Crippen LogP contribution is 2.09. The highest BCUT2D eigenvalue weighted by atomic mass is 16.3. The van der Waals surface area contributed by atoms with Gasteiger partial charge in [0, 0.05) is 6.04 Å². The Balaban J connectivity index is 2.28. The first-order valence-electron chi connectivity index (χ1n) is 3.19. The molecule has 0 bridgehead atoms. The third kappa shape index (κ3) is 1.50. The molecule has 0 spiro atoms. The van der Waals surface area contributed by atoms with E-state index in [0.29, 0.717) is 0 Å². The van der Waals surface area contributed by atoms with Gasteiger partial charge in [0.2, 0.25) is 0 Å². The van der Waals surface area contributed by atoms with E-state index in [1.165, 1.54) is 0 Å². The van der Waals surface area contributed by atoms with Crippen LogP contribution in [0.5, 0.6) is 0 Å². The van der Waals surface area contributed by atoms with Crippen molar-refractivity contribution in [3.63, 3.8) is 0 Å². The second-order valence-corrected chi connectivity index (χ2v) is 2.37. The molecule has 3 heteroatoms. The number of aldehydes is 1. The zero-order valence-electron chi connectivity index (χ0n) is 5.21. The summed E-state index contributed by atoms with van der Waals surface area (Å²) in [6.07, 6.45) is 2.68. The SMILES string of the molecule is O=CC1CCC(CO)N1. The summed E-state index contributed by atoms with van der Waals surface area (Å²) < 4.78 is 0. The van der Waals surface area contributed by atoms with Crippen LogP contribution in [-0.4, -0.2) is 30.1 Å². The fraction of sp³-hybridized carbons (Fsp3) is 0.833. The number of rotatable bonds is 2. The molecule has 3 nitrogen and oxygen atoms in total. The van der Waals surface area contributed by atoms with E-state index >= 15 is 0 Å². The summed E-state index contributed by atoms with van der Waals surface area (Å²) in [5.41, 5.74) is 0. The van der Waals surface area contributed by atoms with Crippen LogP contribution in [0.4, 0.5) is 0 Å². The Morgan fingerprint density at radius 2 is 2.44 bits per heavy atom. The van der Waals surface area contributed by atoms with Crippen molar-refractivity contribution >= 4 is 6.29 Å². The molecule has 0 aromatic carbocycles. The first kappa shape index (κ1) is 6.71. The molecule has 1 fully saturated rings. The molecule has 0 radical (unpaired) electrons. The number of hydrogen-bond acceptors (Lipinski definition) is 3. The van der Waals surface area contributed by atoms with Crippen LogP contribution in [0.25, 0.3) is 0 Å². The van der Waals surface area contributed by atoms with Gasteiger partial charge in [0.05, 0.1) is 12.6 Å². The lowest BCUT2D eigenvalue weighted by Crippen LogP contribution is -2.32. The third-order valence-corrected chi connectivity index (χ3v) is 1.66. The molecular weight excluding hydrogens is 118 g/mol. The fourth-order valence-electron chi connectivity index (χ4n) is 1.10. The number of carbonyl (C=O) groups excluding carboxylic acids is 1. The molecule has 1 aliphatic rings. The molecule has 1 saturated heterocycles. The lowest BCUT2D eigenvalue weighted by molar-refractivity contribution is -0.109. The topological polar surface area (TPSA) is 49.3 Å². The van der Waals surface area contributed by atoms with Crippen molar-refractivity contribution in [3.8, 4) is 0 Å². The summed E-state index contributed by atoms with van der Waals surface area (Å²) in [4.78, 5) is 10.1. The summed E-state index contributed by atoms with van der Waals surface area (Å²) in [6.45, 7) is 0.143. The van der Waals surface area contributed by atoms with Gasteiger partial charge in [-0.1, -0.05) is 0 Å². The van der Waals surface area contributed by atoms with E-state index in [9.17, 15) is 4.79 Å². The Morgan fingerprint density at radius 3 is 2.78 bits per heavy atom. The first-order valence-corrected chi connectivity index (χ1v) is 3.19. The van der Waals surface area contributed by atoms with Gasteiger partial charge < -0.3 is 15.2 Å². The highest BCUT2D eigenvalue weighted by Gasteiger charge is 2.21. The monoisotopic (exact) mass is 129 g/mol. The van der Waals surface area contributed by atoms with Gasteiger partial charge in [-0.15, -0.1) is 0 Å². The van der Waals surface area contributed by atoms with Gasteiger partial charge in [-0.05, 0) is 12.8 Å². The average molecular weight is 129 g/mol. The fourth-order valence-corrected chi connectivity index (χ4v) is 1.10. The van der Waals surface area contributed by atoms with E-state index in [-0.39, 0.29) is 18.7 Å². The summed E-state index contributed by atoms with van der Waals surface area (Å²) in [7, 11) is 0. The van der Waals surface area contributed by atoms with Gasteiger partial charge in [0.25, 0.3) is 0 Å². The Bertz CT molecular complexity index is 105. The smallest absolute Gasteiger partial charge is 0.136 e. The molecule has 0 amide bonds. The van der Waals surface area contributed by atoms with Crippen molar-refractivity contribution in [1.82, 2.24) is 5.32 Å². The van der Waals surface area contributed by atoms with E-state index in [4.69, 9.17) is 5.11 Å². The Hall–Kier alpha value is -0.410. The predicted octanol–water partition coefficient (Wildman–Crippen LogP) is -0.702. The standard InChI is InChI=1S/C6H11NO2/c8-3-5-1-2-6(4-9)7-5/h3,5-7,9H,1-2,4H2. The average Bonchev–Trinajstić information content (AvgIpc) is 2.34. The molecular formula is C6H11NO2. The van der Waals surface area contributed by atoms with Crippen LogP contribution in [-0.2, 0) is 4.79 Å². The minimum atomic E-state index is -0.0119. The van der Waals surface area contributed by atoms with E-state index < -0.39 is 0 Å². The van der Waals surface area contributed by atoms with Crippen LogP contribution in [0, 0.1) is 0 Å². The van der Waals surface area contributed by atoms with E-state index in [1.54, 1.807) is 0 Å². The predicted molar refractivity (Wildman–Crippen MR) is 33.1 cm³/mol. The van der Waals surface area contributed by atoms with Gasteiger partial charge in [-0.3, -0.25) is 0 Å². The summed E-state index contributed by atoms with van der Waals surface area (Å²) in [6, 6.07) is 0.141. The lowest BCUT2D eigenvalue weighted by atomic mass is 10.2. The number of aliphatic hydroxyl groups is 1. The molecule has 2 atom stereocenters. The van der Waals surface area contributed by atoms with E-state index in [2.05, 4.69) is 5.32 Å². The second-order valence-electron chi connectivity index (χ2n) is 2.37. The number of hydrogen-bond donors (Lipinski definition) is 2. The zero-order valence-corrected chi connectivity index (χ0v) is 5.21. The second kappa shape index (κ2) is 2.94. The van der Waals surface area contributed by atoms with E-state index in [0.717, 1.165) is 19.1 Å². The third-order valence-electron chi connectivity index (χ3n) is 1.66. The van der Waals surface area contributed by atoms with Crippen molar-refractivity contribution in [2.75, 3.05) is 6.61 Å². The molecule has 0 aromatic rings. The van der Waals surface area contributed by atoms with Crippen LogP contribution < -0.4 is 5.32 Å². The molecule has 1 aliphatic heterocycles. The molecule has 9 heavy (non-hydrogen) atoms. The molecule has 2 N–H and O–H groups in total. The van der Waals surface area contributed by atoms with Crippen LogP contribution >= 0.6 is 0 Å². The summed E-state index contributed by atoms with van der Waals surface area (Å²) >= 11 is 0. The quantitative estimate of drug-likeness (QED) is 0.485. The maximum Gasteiger partial charge on any atom is 0.136 e. The summed E-state index contributed by atoms with van der Waals surface area (Å²) in [5, 5.41) is 11.6. The summed E-state index contributed by atoms with van der Waals surface area (Å²) in [5.74, 6) is 0. The van der Waals surface area contributed by atoms with Gasteiger partial charge in [0.15, 0.2) is 0 Å². The van der Waals surface area contributed by atoms with Crippen LogP contribution in [0.3, 0.4) is 0 Å². The van der Waals surface area contributed by atoms with Crippen molar-refractivity contribution in [3.05, 3.63) is 0 Å². The Labute approximate surface area is 54.1 Å². The van der Waals surface area contributed by atoms with Crippen LogP contribution in [0.1, 0.15) is 12.8 Å². The molecule has 0 aromatic heterocycles. The maximum absolute atomic E-state index is 10.1. The van der Waals surface area contributed by atoms with Crippen molar-refractivity contribution in [2.45, 2.75) is 24.9 Å². The minimum Gasteiger partial charge on any atom is -0.395 e. The highest BCUT2D eigenvalue weighted by molar-refractivity contribution is 5.58. The molecule has 2 unspecified atom stereocenters. The van der Waals surface area contributed by atoms with Gasteiger partial charge in [-0.2, -0.15) is 0 Å². The molecule has 52 valence electrons. The molecule has 0 saturated carbocycles. The largest absolute Gasteiger partial charge is 0.395 e. The maximum atomic E-state index is 10.1. The van der Waals surface area contributed by atoms with Crippen molar-refractivity contribution in [1.29, 1.82) is 0 Å². The van der Waals surface area contributed by atoms with Crippen molar-refractivity contribution < 1.29 is 9.90 Å². The first-order chi connectivity index (χ1) is 4.36. The Kier molecular flexibility index (Phi) is 2.19. The number of aliphatic hydroxyl groups excluding tert-OH is 1. The van der Waals surface area contributed by atoms with Gasteiger partial charge in [0.1, 0.15) is 6.29 Å². The molecule has 1 heterocycles. The van der Waals surface area contributed by atoms with Crippen molar-refractivity contribution in [2.24, 2.45) is 0 Å². The van der Waals surface area contributed by atoms with Crippen LogP contribution in [0.2, 0.25) is 0 Å². The van der Waals surface area contributed by atoms with Gasteiger partial charge >= 0.3 is 0 Å². The number of carbonyl (C=O) groups is 1. The van der Waals surface area contributed by atoms with E-state index in [1.807, 2.05) is 0 Å². The number of nitrogens with one attached hydrogen (secondary N) is 1.